The predicted octanol–water partition coefficient (Wildman–Crippen LogP) is 2.03. The maximum Gasteiger partial charge on any atom is 0.167 e. The van der Waals surface area contributed by atoms with E-state index in [1.807, 2.05) is 6.92 Å². The second kappa shape index (κ2) is 5.00. The number of aliphatic hydroxyl groups excluding tert-OH is 2. The highest BCUT2D eigenvalue weighted by atomic mass is 16.3. The first-order chi connectivity index (χ1) is 10.9. The zero-order valence-electron chi connectivity index (χ0n) is 13.8. The zero-order chi connectivity index (χ0) is 16.4. The first-order valence-electron chi connectivity index (χ1n) is 8.99. The minimum absolute atomic E-state index is 0.0270. The van der Waals surface area contributed by atoms with Crippen LogP contribution in [0.3, 0.4) is 0 Å². The molecule has 0 aromatic rings. The Morgan fingerprint density at radius 2 is 1.96 bits per heavy atom. The molecule has 4 rings (SSSR count). The summed E-state index contributed by atoms with van der Waals surface area (Å²) in [6.07, 6.45) is 6.38. The molecule has 0 heterocycles. The number of carbonyl (C=O) groups excluding carboxylic acids is 2. The summed E-state index contributed by atoms with van der Waals surface area (Å²) in [5.74, 6) is 1.17. The van der Waals surface area contributed by atoms with Gasteiger partial charge in [0.05, 0.1) is 6.61 Å². The van der Waals surface area contributed by atoms with Crippen LogP contribution in [-0.2, 0) is 9.59 Å². The van der Waals surface area contributed by atoms with Gasteiger partial charge in [0.15, 0.2) is 11.6 Å². The van der Waals surface area contributed by atoms with Crippen molar-refractivity contribution in [3.8, 4) is 0 Å². The van der Waals surface area contributed by atoms with Gasteiger partial charge in [-0.15, -0.1) is 0 Å². The maximum absolute atomic E-state index is 12.5. The summed E-state index contributed by atoms with van der Waals surface area (Å²) < 4.78 is 0. The number of Topliss-reactive ketones (excluding diaryl/α,β-unsaturated/α-hetero) is 1. The van der Waals surface area contributed by atoms with Crippen molar-refractivity contribution in [2.75, 3.05) is 6.61 Å². The molecule has 23 heavy (non-hydrogen) atoms. The SMILES string of the molecule is C[C@]12CC[C@H]3[C@@H](CCC4=CC(=O)CC[C@@]43CO)[C@@H]1CC(O)C2=O. The second-order valence-electron chi connectivity index (χ2n) is 8.44. The first kappa shape index (κ1) is 15.5. The van der Waals surface area contributed by atoms with Crippen LogP contribution in [0.4, 0.5) is 0 Å². The van der Waals surface area contributed by atoms with Crippen molar-refractivity contribution in [3.05, 3.63) is 11.6 Å². The van der Waals surface area contributed by atoms with Crippen molar-refractivity contribution in [2.45, 2.75) is 58.0 Å². The third kappa shape index (κ3) is 1.91. The van der Waals surface area contributed by atoms with E-state index in [0.29, 0.717) is 24.7 Å². The van der Waals surface area contributed by atoms with Gasteiger partial charge < -0.3 is 10.2 Å². The minimum atomic E-state index is -0.807. The summed E-state index contributed by atoms with van der Waals surface area (Å²) in [5, 5.41) is 20.4. The van der Waals surface area contributed by atoms with Crippen molar-refractivity contribution in [3.63, 3.8) is 0 Å². The fraction of sp³-hybridized carbons (Fsp3) is 0.789. The summed E-state index contributed by atoms with van der Waals surface area (Å²) in [5.41, 5.74) is 0.503. The molecule has 0 aromatic heterocycles. The Bertz CT molecular complexity index is 594. The van der Waals surface area contributed by atoms with Gasteiger partial charge in [0, 0.05) is 17.3 Å². The third-order valence-corrected chi connectivity index (χ3v) is 7.70. The molecule has 0 aromatic carbocycles. The van der Waals surface area contributed by atoms with Crippen LogP contribution in [0.2, 0.25) is 0 Å². The van der Waals surface area contributed by atoms with Crippen LogP contribution in [0.1, 0.15) is 51.9 Å². The lowest BCUT2D eigenvalue weighted by Gasteiger charge is -2.57. The van der Waals surface area contributed by atoms with Crippen molar-refractivity contribution in [1.82, 2.24) is 0 Å². The molecule has 0 spiro atoms. The van der Waals surface area contributed by atoms with Gasteiger partial charge in [-0.1, -0.05) is 12.5 Å². The fourth-order valence-corrected chi connectivity index (χ4v) is 6.45. The molecule has 126 valence electrons. The van der Waals surface area contributed by atoms with Gasteiger partial charge in [0.25, 0.3) is 0 Å². The summed E-state index contributed by atoms with van der Waals surface area (Å²) in [7, 11) is 0. The molecule has 4 aliphatic rings. The van der Waals surface area contributed by atoms with Gasteiger partial charge in [-0.3, -0.25) is 9.59 Å². The van der Waals surface area contributed by atoms with Gasteiger partial charge in [-0.05, 0) is 62.4 Å². The van der Waals surface area contributed by atoms with E-state index in [9.17, 15) is 19.8 Å². The molecule has 4 aliphatic carbocycles. The zero-order valence-corrected chi connectivity index (χ0v) is 13.8. The topological polar surface area (TPSA) is 74.6 Å². The molecule has 4 nitrogen and oxygen atoms in total. The van der Waals surface area contributed by atoms with Crippen LogP contribution in [-0.4, -0.2) is 34.5 Å². The van der Waals surface area contributed by atoms with Gasteiger partial charge in [-0.25, -0.2) is 0 Å². The molecular weight excluding hydrogens is 292 g/mol. The van der Waals surface area contributed by atoms with E-state index in [0.717, 1.165) is 37.7 Å². The molecule has 4 heteroatoms. The van der Waals surface area contributed by atoms with Crippen molar-refractivity contribution >= 4 is 11.6 Å². The molecular formula is C19H26O4. The number of aliphatic hydroxyl groups is 2. The van der Waals surface area contributed by atoms with Gasteiger partial charge in [0.1, 0.15) is 6.10 Å². The average Bonchev–Trinajstić information content (AvgIpc) is 2.78. The monoisotopic (exact) mass is 318 g/mol. The summed E-state index contributed by atoms with van der Waals surface area (Å²) in [4.78, 5) is 24.3. The Kier molecular flexibility index (Phi) is 3.37. The number of rotatable bonds is 1. The Morgan fingerprint density at radius 3 is 2.70 bits per heavy atom. The van der Waals surface area contributed by atoms with E-state index in [4.69, 9.17) is 0 Å². The Morgan fingerprint density at radius 1 is 1.17 bits per heavy atom. The number of carbonyl (C=O) groups is 2. The predicted molar refractivity (Wildman–Crippen MR) is 84.5 cm³/mol. The summed E-state index contributed by atoms with van der Waals surface area (Å²) >= 11 is 0. The largest absolute Gasteiger partial charge is 0.395 e. The Balaban J connectivity index is 1.73. The maximum atomic E-state index is 12.5. The normalized spacial score (nSPS) is 49.3. The number of hydrogen-bond acceptors (Lipinski definition) is 4. The molecule has 0 aliphatic heterocycles. The molecule has 6 atom stereocenters. The van der Waals surface area contributed by atoms with Crippen LogP contribution in [0.25, 0.3) is 0 Å². The lowest BCUT2D eigenvalue weighted by Crippen LogP contribution is -2.53. The van der Waals surface area contributed by atoms with Crippen LogP contribution in [0.15, 0.2) is 11.6 Å². The fourth-order valence-electron chi connectivity index (χ4n) is 6.45. The van der Waals surface area contributed by atoms with Crippen molar-refractivity contribution in [2.24, 2.45) is 28.6 Å². The number of ketones is 2. The van der Waals surface area contributed by atoms with E-state index in [2.05, 4.69) is 0 Å². The molecule has 0 saturated heterocycles. The lowest BCUT2D eigenvalue weighted by molar-refractivity contribution is -0.138. The minimum Gasteiger partial charge on any atom is -0.395 e. The Labute approximate surface area is 137 Å². The molecule has 3 saturated carbocycles. The van der Waals surface area contributed by atoms with E-state index in [-0.39, 0.29) is 34.9 Å². The van der Waals surface area contributed by atoms with Gasteiger partial charge in [0.2, 0.25) is 0 Å². The lowest BCUT2D eigenvalue weighted by atomic mass is 9.47. The van der Waals surface area contributed by atoms with Crippen molar-refractivity contribution < 1.29 is 19.8 Å². The van der Waals surface area contributed by atoms with Crippen LogP contribution < -0.4 is 0 Å². The smallest absolute Gasteiger partial charge is 0.167 e. The molecule has 2 N–H and O–H groups in total. The van der Waals surface area contributed by atoms with E-state index >= 15 is 0 Å². The summed E-state index contributed by atoms with van der Waals surface area (Å²) in [6, 6.07) is 0. The second-order valence-corrected chi connectivity index (χ2v) is 8.44. The average molecular weight is 318 g/mol. The highest BCUT2D eigenvalue weighted by molar-refractivity contribution is 5.92. The highest BCUT2D eigenvalue weighted by Crippen LogP contribution is 2.64. The van der Waals surface area contributed by atoms with E-state index in [1.165, 1.54) is 0 Å². The van der Waals surface area contributed by atoms with Crippen molar-refractivity contribution in [1.29, 1.82) is 0 Å². The number of hydrogen-bond donors (Lipinski definition) is 2. The van der Waals surface area contributed by atoms with Crippen LogP contribution in [0.5, 0.6) is 0 Å². The number of fused-ring (bicyclic) bond motifs is 5. The quantitative estimate of drug-likeness (QED) is 0.776. The third-order valence-electron chi connectivity index (χ3n) is 7.70. The van der Waals surface area contributed by atoms with Crippen LogP contribution >= 0.6 is 0 Å². The summed E-state index contributed by atoms with van der Waals surface area (Å²) in [6.45, 7) is 2.14. The highest BCUT2D eigenvalue weighted by Gasteiger charge is 2.62. The molecule has 0 radical (unpaired) electrons. The van der Waals surface area contributed by atoms with Crippen LogP contribution in [0, 0.1) is 28.6 Å². The molecule has 0 bridgehead atoms. The van der Waals surface area contributed by atoms with Gasteiger partial charge in [-0.2, -0.15) is 0 Å². The Hall–Kier alpha value is -1.00. The molecule has 0 amide bonds. The molecule has 3 fully saturated rings. The van der Waals surface area contributed by atoms with E-state index < -0.39 is 6.10 Å². The first-order valence-corrected chi connectivity index (χ1v) is 8.99. The molecule has 1 unspecified atom stereocenters. The standard InChI is InChI=1S/C19H26O4/c1-18-6-5-14-13(15(18)9-16(22)17(18)23)3-2-11-8-12(21)4-7-19(11,14)10-20/h8,13-16,20,22H,2-7,9-10H2,1H3/t13-,14+,15+,16?,18+,19-/m1/s1. The van der Waals surface area contributed by atoms with Gasteiger partial charge >= 0.3 is 0 Å². The van der Waals surface area contributed by atoms with E-state index in [1.54, 1.807) is 6.08 Å².